The summed E-state index contributed by atoms with van der Waals surface area (Å²) in [7, 11) is 3.80. The van der Waals surface area contributed by atoms with Crippen molar-refractivity contribution >= 4 is 21.6 Å². The Morgan fingerprint density at radius 1 is 1.18 bits per heavy atom. The molecule has 0 bridgehead atoms. The number of rotatable bonds is 2. The molecular formula is C18H20BrNO2. The Labute approximate surface area is 140 Å². The van der Waals surface area contributed by atoms with Crippen LogP contribution in [-0.2, 0) is 11.2 Å². The summed E-state index contributed by atoms with van der Waals surface area (Å²) in [5, 5.41) is 0. The van der Waals surface area contributed by atoms with Crippen molar-refractivity contribution in [1.82, 2.24) is 0 Å². The molecule has 1 aliphatic rings. The minimum atomic E-state index is 0.0765. The summed E-state index contributed by atoms with van der Waals surface area (Å²) < 4.78 is 12.5. The molecule has 2 aromatic carbocycles. The molecule has 0 amide bonds. The van der Waals surface area contributed by atoms with Crippen molar-refractivity contribution in [2.24, 2.45) is 0 Å². The first kappa shape index (κ1) is 15.4. The average Bonchev–Trinajstić information content (AvgIpc) is 2.52. The van der Waals surface area contributed by atoms with Crippen LogP contribution >= 0.6 is 15.9 Å². The number of ether oxygens (including phenoxy) is 2. The third-order valence-corrected chi connectivity index (χ3v) is 4.58. The normalized spacial score (nSPS) is 18.3. The number of halogens is 1. The van der Waals surface area contributed by atoms with Crippen molar-refractivity contribution in [2.75, 3.05) is 32.2 Å². The van der Waals surface area contributed by atoms with Gasteiger partial charge in [-0.05, 0) is 41.5 Å². The number of anilines is 1. The second-order valence-electron chi connectivity index (χ2n) is 5.53. The highest BCUT2D eigenvalue weighted by Gasteiger charge is 2.20. The Morgan fingerprint density at radius 2 is 1.95 bits per heavy atom. The zero-order valence-corrected chi connectivity index (χ0v) is 14.5. The van der Waals surface area contributed by atoms with Gasteiger partial charge >= 0.3 is 0 Å². The predicted molar refractivity (Wildman–Crippen MR) is 92.8 cm³/mol. The van der Waals surface area contributed by atoms with E-state index in [1.54, 1.807) is 7.11 Å². The van der Waals surface area contributed by atoms with Gasteiger partial charge in [0.2, 0.25) is 0 Å². The molecule has 116 valence electrons. The lowest BCUT2D eigenvalue weighted by Gasteiger charge is -2.29. The highest BCUT2D eigenvalue weighted by molar-refractivity contribution is 9.10. The smallest absolute Gasteiger partial charge is 0.118 e. The SMILES string of the molecule is COc1ccc(C2Cc3cc(Br)ccc3N(C)CCO2)cc1. The Kier molecular flexibility index (Phi) is 4.69. The first-order chi connectivity index (χ1) is 10.7. The maximum Gasteiger partial charge on any atom is 0.118 e. The van der Waals surface area contributed by atoms with E-state index in [9.17, 15) is 0 Å². The fourth-order valence-electron chi connectivity index (χ4n) is 2.83. The van der Waals surface area contributed by atoms with Gasteiger partial charge in [-0.25, -0.2) is 0 Å². The van der Waals surface area contributed by atoms with Crippen LogP contribution in [0.1, 0.15) is 17.2 Å². The highest BCUT2D eigenvalue weighted by atomic mass is 79.9. The fraction of sp³-hybridized carbons (Fsp3) is 0.333. The Balaban J connectivity index is 1.91. The van der Waals surface area contributed by atoms with Gasteiger partial charge in [-0.1, -0.05) is 28.1 Å². The van der Waals surface area contributed by atoms with E-state index in [0.29, 0.717) is 0 Å². The average molecular weight is 362 g/mol. The fourth-order valence-corrected chi connectivity index (χ4v) is 3.24. The lowest BCUT2D eigenvalue weighted by atomic mass is 9.98. The number of nitrogens with zero attached hydrogens (tertiary/aromatic N) is 1. The van der Waals surface area contributed by atoms with Crippen LogP contribution in [-0.4, -0.2) is 27.3 Å². The zero-order valence-electron chi connectivity index (χ0n) is 12.9. The van der Waals surface area contributed by atoms with Crippen LogP contribution in [0.15, 0.2) is 46.9 Å². The predicted octanol–water partition coefficient (Wildman–Crippen LogP) is 4.21. The maximum absolute atomic E-state index is 6.11. The van der Waals surface area contributed by atoms with E-state index in [-0.39, 0.29) is 6.10 Å². The maximum atomic E-state index is 6.11. The molecule has 0 aromatic heterocycles. The van der Waals surface area contributed by atoms with Crippen LogP contribution in [0.4, 0.5) is 5.69 Å². The molecule has 4 heteroatoms. The number of hydrogen-bond acceptors (Lipinski definition) is 3. The van der Waals surface area contributed by atoms with Crippen molar-refractivity contribution in [1.29, 1.82) is 0 Å². The van der Waals surface area contributed by atoms with Crippen molar-refractivity contribution < 1.29 is 9.47 Å². The number of benzene rings is 2. The van der Waals surface area contributed by atoms with E-state index in [0.717, 1.165) is 29.8 Å². The van der Waals surface area contributed by atoms with Crippen LogP contribution < -0.4 is 9.64 Å². The molecule has 0 N–H and O–H groups in total. The summed E-state index contributed by atoms with van der Waals surface area (Å²) in [5.41, 5.74) is 3.78. The van der Waals surface area contributed by atoms with Crippen LogP contribution in [0.3, 0.4) is 0 Å². The van der Waals surface area contributed by atoms with Gasteiger partial charge in [-0.15, -0.1) is 0 Å². The van der Waals surface area contributed by atoms with E-state index in [4.69, 9.17) is 9.47 Å². The Bertz CT molecular complexity index is 642. The number of likely N-dealkylation sites (N-methyl/N-ethyl adjacent to an activating group) is 1. The van der Waals surface area contributed by atoms with E-state index in [1.807, 2.05) is 12.1 Å². The molecule has 1 aliphatic heterocycles. The van der Waals surface area contributed by atoms with Crippen molar-refractivity contribution in [3.8, 4) is 5.75 Å². The third-order valence-electron chi connectivity index (χ3n) is 4.09. The number of methoxy groups -OCH3 is 1. The Hall–Kier alpha value is -1.52. The lowest BCUT2D eigenvalue weighted by molar-refractivity contribution is 0.0560. The zero-order chi connectivity index (χ0) is 15.5. The summed E-state index contributed by atoms with van der Waals surface area (Å²) in [6.45, 7) is 1.62. The van der Waals surface area contributed by atoms with Crippen molar-refractivity contribution in [2.45, 2.75) is 12.5 Å². The molecule has 3 nitrogen and oxygen atoms in total. The van der Waals surface area contributed by atoms with Crippen LogP contribution in [0.5, 0.6) is 5.75 Å². The molecule has 1 heterocycles. The molecule has 22 heavy (non-hydrogen) atoms. The first-order valence-electron chi connectivity index (χ1n) is 7.42. The van der Waals surface area contributed by atoms with Gasteiger partial charge in [0.05, 0.1) is 19.8 Å². The molecule has 2 aromatic rings. The van der Waals surface area contributed by atoms with Crippen molar-refractivity contribution in [3.63, 3.8) is 0 Å². The monoisotopic (exact) mass is 361 g/mol. The molecular weight excluding hydrogens is 342 g/mol. The van der Waals surface area contributed by atoms with E-state index < -0.39 is 0 Å². The minimum Gasteiger partial charge on any atom is -0.497 e. The van der Waals surface area contributed by atoms with Gasteiger partial charge < -0.3 is 14.4 Å². The molecule has 0 radical (unpaired) electrons. The van der Waals surface area contributed by atoms with E-state index in [1.165, 1.54) is 16.8 Å². The topological polar surface area (TPSA) is 21.7 Å². The molecule has 0 saturated heterocycles. The van der Waals surface area contributed by atoms with Gasteiger partial charge in [0.15, 0.2) is 0 Å². The molecule has 0 saturated carbocycles. The molecule has 1 unspecified atom stereocenters. The number of hydrogen-bond donors (Lipinski definition) is 0. The van der Waals surface area contributed by atoms with Crippen LogP contribution in [0.25, 0.3) is 0 Å². The standard InChI is InChI=1S/C18H20BrNO2/c1-20-9-10-22-18(13-3-6-16(21-2)7-4-13)12-14-11-15(19)5-8-17(14)20/h3-8,11,18H,9-10,12H2,1-2H3. The molecule has 0 aliphatic carbocycles. The van der Waals surface area contributed by atoms with E-state index in [2.05, 4.69) is 58.2 Å². The van der Waals surface area contributed by atoms with Gasteiger partial charge in [-0.2, -0.15) is 0 Å². The van der Waals surface area contributed by atoms with E-state index >= 15 is 0 Å². The van der Waals surface area contributed by atoms with Crippen molar-refractivity contribution in [3.05, 3.63) is 58.1 Å². The third kappa shape index (κ3) is 3.28. The molecule has 0 spiro atoms. The summed E-state index contributed by atoms with van der Waals surface area (Å²) in [4.78, 5) is 2.26. The highest BCUT2D eigenvalue weighted by Crippen LogP contribution is 2.32. The summed E-state index contributed by atoms with van der Waals surface area (Å²) >= 11 is 3.57. The second kappa shape index (κ2) is 6.71. The van der Waals surface area contributed by atoms with Crippen LogP contribution in [0, 0.1) is 0 Å². The van der Waals surface area contributed by atoms with Gasteiger partial charge in [-0.3, -0.25) is 0 Å². The quantitative estimate of drug-likeness (QED) is 0.799. The Morgan fingerprint density at radius 3 is 2.68 bits per heavy atom. The van der Waals surface area contributed by atoms with Gasteiger partial charge in [0, 0.05) is 30.2 Å². The second-order valence-corrected chi connectivity index (χ2v) is 6.45. The van der Waals surface area contributed by atoms with Crippen LogP contribution in [0.2, 0.25) is 0 Å². The summed E-state index contributed by atoms with van der Waals surface area (Å²) in [6, 6.07) is 14.6. The lowest BCUT2D eigenvalue weighted by Crippen LogP contribution is -2.27. The number of fused-ring (bicyclic) bond motifs is 1. The summed E-state index contributed by atoms with van der Waals surface area (Å²) in [5.74, 6) is 0.873. The van der Waals surface area contributed by atoms with Gasteiger partial charge in [0.1, 0.15) is 5.75 Å². The first-order valence-corrected chi connectivity index (χ1v) is 8.22. The minimum absolute atomic E-state index is 0.0765. The molecule has 3 rings (SSSR count). The van der Waals surface area contributed by atoms with Gasteiger partial charge in [0.25, 0.3) is 0 Å². The summed E-state index contributed by atoms with van der Waals surface area (Å²) in [6.07, 6.45) is 0.943. The largest absolute Gasteiger partial charge is 0.497 e. The molecule has 1 atom stereocenters. The molecule has 0 fully saturated rings.